The van der Waals surface area contributed by atoms with Crippen LogP contribution in [-0.2, 0) is 11.4 Å². The van der Waals surface area contributed by atoms with Gasteiger partial charge in [-0.1, -0.05) is 12.1 Å². The first-order valence-electron chi connectivity index (χ1n) is 6.02. The molecule has 0 saturated heterocycles. The highest BCUT2D eigenvalue weighted by atomic mass is 79.9. The van der Waals surface area contributed by atoms with E-state index >= 15 is 0 Å². The normalized spacial score (nSPS) is 10.9. The number of aryl methyl sites for hydroxylation is 1. The Kier molecular flexibility index (Phi) is 5.11. The number of halogens is 1. The second-order valence-corrected chi connectivity index (χ2v) is 6.60. The minimum Gasteiger partial charge on any atom is -0.392 e. The number of aliphatic hydroxyl groups is 1. The molecule has 0 bridgehead atoms. The van der Waals surface area contributed by atoms with Gasteiger partial charge >= 0.3 is 0 Å². The molecule has 1 amide bonds. The average Bonchev–Trinajstić information content (AvgIpc) is 2.85. The van der Waals surface area contributed by atoms with E-state index in [-0.39, 0.29) is 12.5 Å². The third kappa shape index (κ3) is 4.03. The van der Waals surface area contributed by atoms with Gasteiger partial charge in [-0.25, -0.2) is 0 Å². The summed E-state index contributed by atoms with van der Waals surface area (Å²) in [6, 6.07) is 7.44. The van der Waals surface area contributed by atoms with Crippen LogP contribution >= 0.6 is 27.3 Å². The van der Waals surface area contributed by atoms with E-state index in [9.17, 15) is 4.79 Å². The van der Waals surface area contributed by atoms with Crippen molar-refractivity contribution in [3.05, 3.63) is 56.2 Å². The molecule has 0 aliphatic carbocycles. The zero-order chi connectivity index (χ0) is 14.5. The summed E-state index contributed by atoms with van der Waals surface area (Å²) in [7, 11) is 0. The van der Waals surface area contributed by atoms with E-state index in [0.29, 0.717) is 0 Å². The molecule has 0 fully saturated rings. The Labute approximate surface area is 130 Å². The van der Waals surface area contributed by atoms with Gasteiger partial charge in [0.15, 0.2) is 0 Å². The molecule has 2 rings (SSSR count). The molecule has 20 heavy (non-hydrogen) atoms. The van der Waals surface area contributed by atoms with Crippen LogP contribution in [-0.4, -0.2) is 11.0 Å². The topological polar surface area (TPSA) is 49.3 Å². The Balaban J connectivity index is 2.06. The summed E-state index contributed by atoms with van der Waals surface area (Å²) in [6.07, 6.45) is 3.27. The molecule has 3 nitrogen and oxygen atoms in total. The van der Waals surface area contributed by atoms with E-state index in [1.54, 1.807) is 23.5 Å². The summed E-state index contributed by atoms with van der Waals surface area (Å²) in [5, 5.41) is 13.9. The molecule has 0 radical (unpaired) electrons. The summed E-state index contributed by atoms with van der Waals surface area (Å²) >= 11 is 4.95. The van der Waals surface area contributed by atoms with Crippen molar-refractivity contribution in [2.75, 3.05) is 5.32 Å². The molecule has 1 heterocycles. The molecule has 1 aromatic heterocycles. The monoisotopic (exact) mass is 351 g/mol. The summed E-state index contributed by atoms with van der Waals surface area (Å²) < 4.78 is 1.03. The van der Waals surface area contributed by atoms with Gasteiger partial charge in [0.05, 0.1) is 10.4 Å². The van der Waals surface area contributed by atoms with Crippen LogP contribution in [0.5, 0.6) is 0 Å². The van der Waals surface area contributed by atoms with Crippen LogP contribution < -0.4 is 5.32 Å². The van der Waals surface area contributed by atoms with Crippen molar-refractivity contribution < 1.29 is 9.90 Å². The standard InChI is InChI=1S/C15H14BrNO2S/c1-10-2-3-11(8-18)6-13(10)17-15(19)5-4-12-7-14(16)20-9-12/h2-7,9,18H,8H2,1H3,(H,17,19). The Bertz CT molecular complexity index is 649. The number of anilines is 1. The molecule has 0 saturated carbocycles. The molecule has 0 aliphatic heterocycles. The second kappa shape index (κ2) is 6.83. The Hall–Kier alpha value is -1.43. The molecular weight excluding hydrogens is 338 g/mol. The number of rotatable bonds is 4. The number of carbonyl (C=O) groups is 1. The Morgan fingerprint density at radius 2 is 2.25 bits per heavy atom. The number of amides is 1. The van der Waals surface area contributed by atoms with E-state index in [2.05, 4.69) is 21.2 Å². The van der Waals surface area contributed by atoms with E-state index in [1.165, 1.54) is 6.08 Å². The molecule has 0 spiro atoms. The van der Waals surface area contributed by atoms with Gasteiger partial charge in [-0.3, -0.25) is 4.79 Å². The number of benzene rings is 1. The second-order valence-electron chi connectivity index (χ2n) is 4.31. The van der Waals surface area contributed by atoms with Crippen molar-refractivity contribution in [1.29, 1.82) is 0 Å². The van der Waals surface area contributed by atoms with Crippen molar-refractivity contribution in [3.63, 3.8) is 0 Å². The number of aliphatic hydroxyl groups excluding tert-OH is 1. The number of carbonyl (C=O) groups excluding carboxylic acids is 1. The third-order valence-corrected chi connectivity index (χ3v) is 4.28. The van der Waals surface area contributed by atoms with Crippen molar-refractivity contribution >= 4 is 44.9 Å². The lowest BCUT2D eigenvalue weighted by atomic mass is 10.1. The van der Waals surface area contributed by atoms with Gasteiger partial charge < -0.3 is 10.4 Å². The fourth-order valence-electron chi connectivity index (χ4n) is 1.66. The van der Waals surface area contributed by atoms with Crippen LogP contribution in [0.1, 0.15) is 16.7 Å². The minimum absolute atomic E-state index is 0.0398. The zero-order valence-corrected chi connectivity index (χ0v) is 13.3. The van der Waals surface area contributed by atoms with Gasteiger partial charge in [-0.15, -0.1) is 11.3 Å². The van der Waals surface area contributed by atoms with Gasteiger partial charge in [0.25, 0.3) is 0 Å². The maximum absolute atomic E-state index is 11.9. The molecule has 0 unspecified atom stereocenters. The first-order valence-corrected chi connectivity index (χ1v) is 7.69. The van der Waals surface area contributed by atoms with Gasteiger partial charge in [0, 0.05) is 11.8 Å². The van der Waals surface area contributed by atoms with Crippen LogP contribution in [0.4, 0.5) is 5.69 Å². The third-order valence-electron chi connectivity index (χ3n) is 2.76. The number of thiophene rings is 1. The van der Waals surface area contributed by atoms with Crippen molar-refractivity contribution in [1.82, 2.24) is 0 Å². The van der Waals surface area contributed by atoms with Gasteiger partial charge in [0.2, 0.25) is 5.91 Å². The van der Waals surface area contributed by atoms with Crippen molar-refractivity contribution in [2.24, 2.45) is 0 Å². The molecule has 0 aliphatic rings. The lowest BCUT2D eigenvalue weighted by molar-refractivity contribution is -0.111. The zero-order valence-electron chi connectivity index (χ0n) is 10.9. The fourth-order valence-corrected chi connectivity index (χ4v) is 2.80. The first kappa shape index (κ1) is 15.0. The van der Waals surface area contributed by atoms with Crippen LogP contribution in [0.15, 0.2) is 39.5 Å². The molecular formula is C15H14BrNO2S. The number of hydrogen-bond acceptors (Lipinski definition) is 3. The minimum atomic E-state index is -0.189. The molecule has 2 aromatic rings. The average molecular weight is 352 g/mol. The van der Waals surface area contributed by atoms with E-state index in [0.717, 1.165) is 26.2 Å². The van der Waals surface area contributed by atoms with Crippen molar-refractivity contribution in [3.8, 4) is 0 Å². The van der Waals surface area contributed by atoms with Gasteiger partial charge in [0.1, 0.15) is 0 Å². The smallest absolute Gasteiger partial charge is 0.248 e. The Morgan fingerprint density at radius 1 is 1.45 bits per heavy atom. The highest BCUT2D eigenvalue weighted by molar-refractivity contribution is 9.11. The summed E-state index contributed by atoms with van der Waals surface area (Å²) in [5.74, 6) is -0.189. The first-order chi connectivity index (χ1) is 9.58. The number of nitrogens with one attached hydrogen (secondary N) is 1. The summed E-state index contributed by atoms with van der Waals surface area (Å²) in [6.45, 7) is 1.87. The van der Waals surface area contributed by atoms with Crippen LogP contribution in [0.2, 0.25) is 0 Å². The van der Waals surface area contributed by atoms with E-state index in [4.69, 9.17) is 5.11 Å². The lowest BCUT2D eigenvalue weighted by Gasteiger charge is -2.08. The van der Waals surface area contributed by atoms with E-state index < -0.39 is 0 Å². The highest BCUT2D eigenvalue weighted by Crippen LogP contribution is 2.21. The maximum Gasteiger partial charge on any atom is 0.248 e. The molecule has 104 valence electrons. The quantitative estimate of drug-likeness (QED) is 0.819. The van der Waals surface area contributed by atoms with Crippen molar-refractivity contribution in [2.45, 2.75) is 13.5 Å². The SMILES string of the molecule is Cc1ccc(CO)cc1NC(=O)C=Cc1csc(Br)c1. The van der Waals surface area contributed by atoms with E-state index in [1.807, 2.05) is 30.5 Å². The molecule has 5 heteroatoms. The summed E-state index contributed by atoms with van der Waals surface area (Å²) in [4.78, 5) is 11.9. The fraction of sp³-hybridized carbons (Fsp3) is 0.133. The predicted molar refractivity (Wildman–Crippen MR) is 86.8 cm³/mol. The van der Waals surface area contributed by atoms with Crippen LogP contribution in [0.25, 0.3) is 6.08 Å². The maximum atomic E-state index is 11.9. The largest absolute Gasteiger partial charge is 0.392 e. The molecule has 1 aromatic carbocycles. The van der Waals surface area contributed by atoms with Crippen LogP contribution in [0, 0.1) is 6.92 Å². The number of hydrogen-bond donors (Lipinski definition) is 2. The molecule has 2 N–H and O–H groups in total. The predicted octanol–water partition coefficient (Wildman–Crippen LogP) is 3.96. The Morgan fingerprint density at radius 3 is 2.90 bits per heavy atom. The summed E-state index contributed by atoms with van der Waals surface area (Å²) in [5.41, 5.74) is 3.44. The highest BCUT2D eigenvalue weighted by Gasteiger charge is 2.03. The van der Waals surface area contributed by atoms with Gasteiger partial charge in [-0.05, 0) is 63.1 Å². The lowest BCUT2D eigenvalue weighted by Crippen LogP contribution is -2.09. The van der Waals surface area contributed by atoms with Gasteiger partial charge in [-0.2, -0.15) is 0 Å². The van der Waals surface area contributed by atoms with Crippen LogP contribution in [0.3, 0.4) is 0 Å². The molecule has 0 atom stereocenters.